The van der Waals surface area contributed by atoms with Crippen molar-refractivity contribution in [2.24, 2.45) is 11.8 Å². The van der Waals surface area contributed by atoms with Crippen LogP contribution in [0.2, 0.25) is 0 Å². The van der Waals surface area contributed by atoms with Crippen LogP contribution in [0, 0.1) is 11.8 Å². The molecule has 1 amide bonds. The first-order valence-electron chi connectivity index (χ1n) is 7.42. The molecule has 1 saturated carbocycles. The summed E-state index contributed by atoms with van der Waals surface area (Å²) in [7, 11) is 0. The van der Waals surface area contributed by atoms with Gasteiger partial charge in [-0.1, -0.05) is 24.2 Å². The van der Waals surface area contributed by atoms with Crippen molar-refractivity contribution in [3.63, 3.8) is 0 Å². The van der Waals surface area contributed by atoms with Gasteiger partial charge in [0.2, 0.25) is 11.0 Å². The van der Waals surface area contributed by atoms with Crippen LogP contribution in [-0.4, -0.2) is 32.2 Å². The van der Waals surface area contributed by atoms with Crippen molar-refractivity contribution in [1.82, 2.24) is 15.2 Å². The maximum atomic E-state index is 12.4. The van der Waals surface area contributed by atoms with Crippen molar-refractivity contribution in [2.75, 3.05) is 5.32 Å². The van der Waals surface area contributed by atoms with E-state index in [0.29, 0.717) is 23.0 Å². The summed E-state index contributed by atoms with van der Waals surface area (Å²) in [4.78, 5) is 27.6. The fraction of sp³-hybridized carbons (Fsp3) is 0.400. The van der Waals surface area contributed by atoms with Crippen LogP contribution in [0.1, 0.15) is 25.7 Å². The zero-order valence-corrected chi connectivity index (χ0v) is 13.1. The lowest BCUT2D eigenvalue weighted by molar-refractivity contribution is -0.147. The summed E-state index contributed by atoms with van der Waals surface area (Å²) < 4.78 is 0. The van der Waals surface area contributed by atoms with Gasteiger partial charge in [0.05, 0.1) is 11.8 Å². The molecule has 2 N–H and O–H groups in total. The molecule has 2 aromatic rings. The standard InChI is InChI=1S/C15H16N4O3S/c20-12(10-3-1-2-4-11(10)14(21)22)17-15-19-18-13(23-15)9-5-7-16-8-6-9/h5-8,10-11H,1-4H2,(H,21,22)(H,17,19,20). The summed E-state index contributed by atoms with van der Waals surface area (Å²) in [6.07, 6.45) is 6.19. The molecule has 120 valence electrons. The first kappa shape index (κ1) is 15.5. The number of pyridine rings is 1. The van der Waals surface area contributed by atoms with Crippen molar-refractivity contribution >= 4 is 28.3 Å². The third-order valence-corrected chi connectivity index (χ3v) is 4.89. The van der Waals surface area contributed by atoms with E-state index in [9.17, 15) is 14.7 Å². The Balaban J connectivity index is 1.70. The number of nitrogens with zero attached hydrogens (tertiary/aromatic N) is 3. The highest BCUT2D eigenvalue weighted by Gasteiger charge is 2.36. The van der Waals surface area contributed by atoms with Crippen LogP contribution >= 0.6 is 11.3 Å². The van der Waals surface area contributed by atoms with Gasteiger partial charge >= 0.3 is 5.97 Å². The second kappa shape index (κ2) is 6.82. The maximum absolute atomic E-state index is 12.4. The van der Waals surface area contributed by atoms with Crippen molar-refractivity contribution in [2.45, 2.75) is 25.7 Å². The Kier molecular flexibility index (Phi) is 4.61. The van der Waals surface area contributed by atoms with Crippen LogP contribution < -0.4 is 5.32 Å². The second-order valence-corrected chi connectivity index (χ2v) is 6.45. The number of aliphatic carboxylic acids is 1. The van der Waals surface area contributed by atoms with E-state index in [1.807, 2.05) is 12.1 Å². The van der Waals surface area contributed by atoms with Crippen molar-refractivity contribution in [1.29, 1.82) is 0 Å². The van der Waals surface area contributed by atoms with Gasteiger partial charge in [0.1, 0.15) is 5.01 Å². The van der Waals surface area contributed by atoms with Gasteiger partial charge in [0, 0.05) is 18.0 Å². The molecule has 2 unspecified atom stereocenters. The Morgan fingerprint density at radius 3 is 2.52 bits per heavy atom. The molecular weight excluding hydrogens is 316 g/mol. The Hall–Kier alpha value is -2.35. The fourth-order valence-electron chi connectivity index (χ4n) is 2.82. The second-order valence-electron chi connectivity index (χ2n) is 5.47. The minimum absolute atomic E-state index is 0.283. The van der Waals surface area contributed by atoms with Gasteiger partial charge in [-0.15, -0.1) is 10.2 Å². The fourth-order valence-corrected chi connectivity index (χ4v) is 3.58. The van der Waals surface area contributed by atoms with E-state index < -0.39 is 17.8 Å². The minimum Gasteiger partial charge on any atom is -0.481 e. The Morgan fingerprint density at radius 1 is 1.13 bits per heavy atom. The number of aromatic nitrogens is 3. The molecule has 0 spiro atoms. The number of rotatable bonds is 4. The predicted molar refractivity (Wildman–Crippen MR) is 84.9 cm³/mol. The Bertz CT molecular complexity index is 704. The predicted octanol–water partition coefficient (Wildman–Crippen LogP) is 2.43. The number of hydrogen-bond donors (Lipinski definition) is 2. The number of amides is 1. The first-order chi connectivity index (χ1) is 11.1. The van der Waals surface area contributed by atoms with Gasteiger partial charge in [-0.25, -0.2) is 0 Å². The largest absolute Gasteiger partial charge is 0.481 e. The summed E-state index contributed by atoms with van der Waals surface area (Å²) >= 11 is 1.26. The topological polar surface area (TPSA) is 105 Å². The molecule has 1 fully saturated rings. The molecule has 3 rings (SSSR count). The third kappa shape index (κ3) is 3.53. The van der Waals surface area contributed by atoms with E-state index in [1.165, 1.54) is 11.3 Å². The van der Waals surface area contributed by atoms with Crippen molar-refractivity contribution < 1.29 is 14.7 Å². The van der Waals surface area contributed by atoms with Crippen LogP contribution in [-0.2, 0) is 9.59 Å². The normalized spacial score (nSPS) is 20.9. The summed E-state index contributed by atoms with van der Waals surface area (Å²) in [5, 5.41) is 21.1. The number of carbonyl (C=O) groups excluding carboxylic acids is 1. The van der Waals surface area contributed by atoms with Gasteiger partial charge in [0.15, 0.2) is 0 Å². The smallest absolute Gasteiger partial charge is 0.307 e. The molecule has 0 bridgehead atoms. The summed E-state index contributed by atoms with van der Waals surface area (Å²) in [6, 6.07) is 3.63. The molecular formula is C15H16N4O3S. The van der Waals surface area contributed by atoms with E-state index in [-0.39, 0.29) is 5.91 Å². The number of hydrogen-bond acceptors (Lipinski definition) is 6. The minimum atomic E-state index is -0.903. The summed E-state index contributed by atoms with van der Waals surface area (Å²) in [6.45, 7) is 0. The van der Waals surface area contributed by atoms with E-state index in [4.69, 9.17) is 0 Å². The van der Waals surface area contributed by atoms with Crippen molar-refractivity contribution in [3.8, 4) is 10.6 Å². The molecule has 1 aliphatic rings. The highest BCUT2D eigenvalue weighted by atomic mass is 32.1. The van der Waals surface area contributed by atoms with Gasteiger partial charge in [-0.2, -0.15) is 0 Å². The van der Waals surface area contributed by atoms with Crippen LogP contribution in [0.5, 0.6) is 0 Å². The lowest BCUT2D eigenvalue weighted by atomic mass is 9.79. The zero-order chi connectivity index (χ0) is 16.2. The average Bonchev–Trinajstić information content (AvgIpc) is 3.04. The monoisotopic (exact) mass is 332 g/mol. The van der Waals surface area contributed by atoms with Gasteiger partial charge in [-0.3, -0.25) is 14.6 Å². The third-order valence-electron chi connectivity index (χ3n) is 4.00. The molecule has 0 radical (unpaired) electrons. The van der Waals surface area contributed by atoms with E-state index in [2.05, 4.69) is 20.5 Å². The SMILES string of the molecule is O=C(O)C1CCCCC1C(=O)Nc1nnc(-c2ccncc2)s1. The van der Waals surface area contributed by atoms with Crippen LogP contribution in [0.4, 0.5) is 5.13 Å². The number of carboxylic acids is 1. The van der Waals surface area contributed by atoms with E-state index >= 15 is 0 Å². The molecule has 0 saturated heterocycles. The molecule has 0 aliphatic heterocycles. The highest BCUT2D eigenvalue weighted by Crippen LogP contribution is 2.32. The maximum Gasteiger partial charge on any atom is 0.307 e. The number of anilines is 1. The van der Waals surface area contributed by atoms with Gasteiger partial charge < -0.3 is 10.4 Å². The van der Waals surface area contributed by atoms with Crippen molar-refractivity contribution in [3.05, 3.63) is 24.5 Å². The molecule has 2 atom stereocenters. The number of carboxylic acid groups (broad SMARTS) is 1. The Morgan fingerprint density at radius 2 is 1.83 bits per heavy atom. The lowest BCUT2D eigenvalue weighted by Gasteiger charge is -2.26. The molecule has 2 aromatic heterocycles. The molecule has 2 heterocycles. The quantitative estimate of drug-likeness (QED) is 0.891. The zero-order valence-electron chi connectivity index (χ0n) is 12.3. The van der Waals surface area contributed by atoms with Crippen LogP contribution in [0.15, 0.2) is 24.5 Å². The molecule has 8 heteroatoms. The molecule has 7 nitrogen and oxygen atoms in total. The van der Waals surface area contributed by atoms with Crippen LogP contribution in [0.25, 0.3) is 10.6 Å². The van der Waals surface area contributed by atoms with Crippen LogP contribution in [0.3, 0.4) is 0 Å². The van der Waals surface area contributed by atoms with E-state index in [0.717, 1.165) is 18.4 Å². The van der Waals surface area contributed by atoms with E-state index in [1.54, 1.807) is 12.4 Å². The molecule has 0 aromatic carbocycles. The lowest BCUT2D eigenvalue weighted by Crippen LogP contribution is -2.36. The number of carbonyl (C=O) groups is 2. The average molecular weight is 332 g/mol. The van der Waals surface area contributed by atoms with Gasteiger partial charge in [-0.05, 0) is 25.0 Å². The number of nitrogens with one attached hydrogen (secondary N) is 1. The molecule has 1 aliphatic carbocycles. The van der Waals surface area contributed by atoms with Gasteiger partial charge in [0.25, 0.3) is 0 Å². The summed E-state index contributed by atoms with van der Waals surface area (Å²) in [5.74, 6) is -2.31. The highest BCUT2D eigenvalue weighted by molar-refractivity contribution is 7.18. The first-order valence-corrected chi connectivity index (χ1v) is 8.24. The molecule has 23 heavy (non-hydrogen) atoms. The Labute approximate surface area is 136 Å². The summed E-state index contributed by atoms with van der Waals surface area (Å²) in [5.41, 5.74) is 0.874.